The van der Waals surface area contributed by atoms with Crippen LogP contribution in [0.5, 0.6) is 0 Å². The number of aromatic nitrogens is 1. The standard InChI is InChI=1S/C24H29N3O2/c1-27-11-9-17(10-12-27)21-15-25-22-13-18(6-4-7-20(21)22)26-19-5-2-3-8-23-24(14-19)29-16-28-23/h5-8,13-15,17,25-26H,2-4,9-12,16H2,1H3/b19-5+,23-8?,24-14+. The van der Waals surface area contributed by atoms with E-state index in [1.165, 1.54) is 42.1 Å². The van der Waals surface area contributed by atoms with E-state index in [0.29, 0.717) is 12.7 Å². The highest BCUT2D eigenvalue weighted by Gasteiger charge is 2.21. The highest BCUT2D eigenvalue weighted by Crippen LogP contribution is 2.26. The summed E-state index contributed by atoms with van der Waals surface area (Å²) in [7, 11) is 2.22. The summed E-state index contributed by atoms with van der Waals surface area (Å²) in [5, 5.41) is 6.18. The maximum absolute atomic E-state index is 5.62. The molecule has 2 aliphatic carbocycles. The van der Waals surface area contributed by atoms with Gasteiger partial charge in [-0.05, 0) is 81.1 Å². The lowest BCUT2D eigenvalue weighted by Gasteiger charge is -2.28. The molecule has 0 radical (unpaired) electrons. The molecule has 3 heterocycles. The van der Waals surface area contributed by atoms with Crippen LogP contribution in [0.1, 0.15) is 43.6 Å². The zero-order chi connectivity index (χ0) is 19.6. The smallest absolute Gasteiger partial charge is 0.231 e. The fourth-order valence-electron chi connectivity index (χ4n) is 4.55. The summed E-state index contributed by atoms with van der Waals surface area (Å²) in [6.07, 6.45) is 20.8. The third kappa shape index (κ3) is 3.92. The molecule has 0 spiro atoms. The van der Waals surface area contributed by atoms with E-state index in [-0.39, 0.29) is 0 Å². The largest absolute Gasteiger partial charge is 0.454 e. The van der Waals surface area contributed by atoms with E-state index < -0.39 is 0 Å². The van der Waals surface area contributed by atoms with Crippen molar-refractivity contribution in [1.29, 1.82) is 0 Å². The number of likely N-dealkylation sites (tertiary alicyclic amines) is 1. The molecule has 0 saturated carbocycles. The zero-order valence-corrected chi connectivity index (χ0v) is 17.0. The van der Waals surface area contributed by atoms with Gasteiger partial charge in [-0.3, -0.25) is 0 Å². The second-order valence-corrected chi connectivity index (χ2v) is 8.24. The van der Waals surface area contributed by atoms with Crippen LogP contribution in [0.2, 0.25) is 0 Å². The SMILES string of the molecule is CN1CCC(c2c[nH]c3c2=CCC=C(NC2=C/CCC=C4OCO\C4=C\2)C=3)CC1. The number of rotatable bonds is 3. The molecule has 2 N–H and O–H groups in total. The molecule has 0 bridgehead atoms. The third-order valence-electron chi connectivity index (χ3n) is 6.21. The number of allylic oxidation sites excluding steroid dienone is 5. The number of aromatic amines is 1. The highest BCUT2D eigenvalue weighted by atomic mass is 16.7. The Morgan fingerprint density at radius 1 is 0.966 bits per heavy atom. The van der Waals surface area contributed by atoms with Crippen LogP contribution in [-0.4, -0.2) is 36.8 Å². The zero-order valence-electron chi connectivity index (χ0n) is 17.0. The van der Waals surface area contributed by atoms with Crippen molar-refractivity contribution < 1.29 is 9.47 Å². The third-order valence-corrected chi connectivity index (χ3v) is 6.21. The van der Waals surface area contributed by atoms with Crippen LogP contribution in [0.25, 0.3) is 12.2 Å². The number of nitrogens with one attached hydrogen (secondary N) is 2. The van der Waals surface area contributed by atoms with Crippen LogP contribution >= 0.6 is 0 Å². The average Bonchev–Trinajstić information content (AvgIpc) is 3.25. The predicted octanol–water partition coefficient (Wildman–Crippen LogP) is 2.71. The van der Waals surface area contributed by atoms with E-state index in [0.717, 1.165) is 42.2 Å². The topological polar surface area (TPSA) is 49.5 Å². The molecule has 0 unspecified atom stereocenters. The Hall–Kier alpha value is -2.66. The quantitative estimate of drug-likeness (QED) is 0.832. The molecule has 1 aromatic heterocycles. The van der Waals surface area contributed by atoms with Crippen LogP contribution in [0, 0.1) is 0 Å². The molecule has 0 atom stereocenters. The van der Waals surface area contributed by atoms with Gasteiger partial charge in [0.15, 0.2) is 11.5 Å². The Morgan fingerprint density at radius 2 is 1.76 bits per heavy atom. The van der Waals surface area contributed by atoms with Gasteiger partial charge in [-0.15, -0.1) is 0 Å². The lowest BCUT2D eigenvalue weighted by molar-refractivity contribution is 0.0974. The number of nitrogens with zero attached hydrogens (tertiary/aromatic N) is 1. The molecule has 2 aliphatic heterocycles. The number of ether oxygens (including phenoxy) is 2. The van der Waals surface area contributed by atoms with E-state index >= 15 is 0 Å². The summed E-state index contributed by atoms with van der Waals surface area (Å²) in [5.74, 6) is 2.33. The van der Waals surface area contributed by atoms with Crippen molar-refractivity contribution in [2.45, 2.75) is 38.0 Å². The van der Waals surface area contributed by atoms with Crippen molar-refractivity contribution in [3.05, 3.63) is 69.5 Å². The van der Waals surface area contributed by atoms with Gasteiger partial charge in [0.2, 0.25) is 6.79 Å². The van der Waals surface area contributed by atoms with Gasteiger partial charge in [0, 0.05) is 29.0 Å². The van der Waals surface area contributed by atoms with Gasteiger partial charge in [-0.2, -0.15) is 0 Å². The molecule has 5 heteroatoms. The van der Waals surface area contributed by atoms with Crippen molar-refractivity contribution in [2.75, 3.05) is 26.9 Å². The average molecular weight is 392 g/mol. The molecule has 2 saturated heterocycles. The Kier molecular flexibility index (Phi) is 5.06. The number of hydrogen-bond donors (Lipinski definition) is 2. The second-order valence-electron chi connectivity index (χ2n) is 8.24. The Bertz CT molecular complexity index is 1020. The van der Waals surface area contributed by atoms with Gasteiger partial charge in [0.05, 0.1) is 0 Å². The van der Waals surface area contributed by atoms with Crippen molar-refractivity contribution in [2.24, 2.45) is 0 Å². The minimum absolute atomic E-state index is 0.306. The fraction of sp³-hybridized carbons (Fsp3) is 0.417. The highest BCUT2D eigenvalue weighted by molar-refractivity contribution is 5.52. The molecular formula is C24H29N3O2. The maximum atomic E-state index is 5.62. The van der Waals surface area contributed by atoms with Crippen molar-refractivity contribution in [3.8, 4) is 0 Å². The first-order valence-electron chi connectivity index (χ1n) is 10.7. The Balaban J connectivity index is 1.38. The Morgan fingerprint density at radius 3 is 2.66 bits per heavy atom. The summed E-state index contributed by atoms with van der Waals surface area (Å²) in [6, 6.07) is 0. The summed E-state index contributed by atoms with van der Waals surface area (Å²) in [4.78, 5) is 5.96. The van der Waals surface area contributed by atoms with Crippen molar-refractivity contribution in [1.82, 2.24) is 15.2 Å². The summed E-state index contributed by atoms with van der Waals surface area (Å²) < 4.78 is 11.2. The molecule has 2 fully saturated rings. The molecule has 29 heavy (non-hydrogen) atoms. The van der Waals surface area contributed by atoms with E-state index in [9.17, 15) is 0 Å². The van der Waals surface area contributed by atoms with Gasteiger partial charge >= 0.3 is 0 Å². The van der Waals surface area contributed by atoms with E-state index in [2.05, 4.69) is 58.8 Å². The maximum Gasteiger partial charge on any atom is 0.231 e. The van der Waals surface area contributed by atoms with Gasteiger partial charge in [0.25, 0.3) is 0 Å². The number of hydrogen-bond acceptors (Lipinski definition) is 4. The van der Waals surface area contributed by atoms with E-state index in [1.54, 1.807) is 0 Å². The Labute approximate surface area is 171 Å². The minimum atomic E-state index is 0.306. The molecule has 1 aromatic rings. The van der Waals surface area contributed by atoms with Crippen LogP contribution in [0.15, 0.2) is 53.4 Å². The minimum Gasteiger partial charge on any atom is -0.454 e. The summed E-state index contributed by atoms with van der Waals surface area (Å²) in [5.41, 5.74) is 3.66. The second kappa shape index (κ2) is 7.99. The molecule has 4 aliphatic rings. The lowest BCUT2D eigenvalue weighted by atomic mass is 9.90. The van der Waals surface area contributed by atoms with Crippen LogP contribution in [0.3, 0.4) is 0 Å². The predicted molar refractivity (Wildman–Crippen MR) is 115 cm³/mol. The van der Waals surface area contributed by atoms with Gasteiger partial charge in [0.1, 0.15) is 0 Å². The van der Waals surface area contributed by atoms with Crippen LogP contribution < -0.4 is 15.9 Å². The van der Waals surface area contributed by atoms with Gasteiger partial charge in [-0.1, -0.05) is 18.2 Å². The fourth-order valence-corrected chi connectivity index (χ4v) is 4.55. The normalized spacial score (nSPS) is 26.1. The van der Waals surface area contributed by atoms with Crippen molar-refractivity contribution in [3.63, 3.8) is 0 Å². The monoisotopic (exact) mass is 391 g/mol. The van der Waals surface area contributed by atoms with Crippen LogP contribution in [-0.2, 0) is 9.47 Å². The van der Waals surface area contributed by atoms with Crippen molar-refractivity contribution >= 4 is 12.2 Å². The van der Waals surface area contributed by atoms with Crippen LogP contribution in [0.4, 0.5) is 0 Å². The molecule has 152 valence electrons. The number of H-pyrrole nitrogens is 1. The molecule has 5 nitrogen and oxygen atoms in total. The first kappa shape index (κ1) is 18.4. The summed E-state index contributed by atoms with van der Waals surface area (Å²) >= 11 is 0. The first-order valence-corrected chi connectivity index (χ1v) is 10.7. The molecule has 0 amide bonds. The molecule has 5 rings (SSSR count). The number of piperidine rings is 1. The molecule has 0 aromatic carbocycles. The van der Waals surface area contributed by atoms with E-state index in [1.807, 2.05) is 6.08 Å². The summed E-state index contributed by atoms with van der Waals surface area (Å²) in [6.45, 7) is 2.68. The lowest BCUT2D eigenvalue weighted by Crippen LogP contribution is -2.33. The van der Waals surface area contributed by atoms with E-state index in [4.69, 9.17) is 9.47 Å². The first-order chi connectivity index (χ1) is 14.3. The number of fused-ring (bicyclic) bond motifs is 2. The molecular weight excluding hydrogens is 362 g/mol. The van der Waals surface area contributed by atoms with Gasteiger partial charge in [-0.25, -0.2) is 0 Å². The van der Waals surface area contributed by atoms with Gasteiger partial charge < -0.3 is 24.7 Å².